The predicted octanol–water partition coefficient (Wildman–Crippen LogP) is 2.03. The lowest BCUT2D eigenvalue weighted by molar-refractivity contribution is 0.0609. The lowest BCUT2D eigenvalue weighted by Crippen LogP contribution is -2.47. The number of carbonyl (C=O) groups excluding carboxylic acids is 1. The van der Waals surface area contributed by atoms with Crippen molar-refractivity contribution in [3.8, 4) is 18.1 Å². The van der Waals surface area contributed by atoms with E-state index in [0.717, 1.165) is 58.7 Å². The van der Waals surface area contributed by atoms with Gasteiger partial charge in [0.25, 0.3) is 5.91 Å². The molecule has 0 aromatic heterocycles. The fraction of sp³-hybridized carbons (Fsp3) is 0.550. The molecular formula is C20H26N2O3. The number of nitrogens with zero attached hydrogens (tertiary/aromatic N) is 2. The summed E-state index contributed by atoms with van der Waals surface area (Å²) in [6.45, 7) is 5.69. The van der Waals surface area contributed by atoms with Crippen LogP contribution < -0.4 is 4.74 Å². The Morgan fingerprint density at radius 3 is 2.64 bits per heavy atom. The average Bonchev–Trinajstić information content (AvgIpc) is 2.96. The van der Waals surface area contributed by atoms with Crippen LogP contribution in [0.25, 0.3) is 0 Å². The van der Waals surface area contributed by atoms with Crippen LogP contribution in [0.5, 0.6) is 5.75 Å². The van der Waals surface area contributed by atoms with E-state index in [9.17, 15) is 4.79 Å². The van der Waals surface area contributed by atoms with E-state index in [0.29, 0.717) is 17.4 Å². The standard InChI is InChI=1S/C20H26N2O3/c1-2-14-25-19-6-4-17(5-7-19)20(23)22-11-8-18(9-12-22)21-10-3-15-24-16-13-21/h1,4-7,18H,3,8-16H2. The van der Waals surface area contributed by atoms with Crippen LogP contribution in [-0.4, -0.2) is 67.7 Å². The Kier molecular flexibility index (Phi) is 6.32. The lowest BCUT2D eigenvalue weighted by atomic mass is 10.0. The van der Waals surface area contributed by atoms with Gasteiger partial charge in [0.15, 0.2) is 0 Å². The normalized spacial score (nSPS) is 19.9. The van der Waals surface area contributed by atoms with Crippen LogP contribution in [0, 0.1) is 12.3 Å². The van der Waals surface area contributed by atoms with Gasteiger partial charge in [-0.15, -0.1) is 6.42 Å². The first-order chi connectivity index (χ1) is 12.3. The summed E-state index contributed by atoms with van der Waals surface area (Å²) >= 11 is 0. The maximum absolute atomic E-state index is 12.7. The van der Waals surface area contributed by atoms with Crippen molar-refractivity contribution in [3.05, 3.63) is 29.8 Å². The molecule has 0 saturated carbocycles. The third-order valence-electron chi connectivity index (χ3n) is 4.95. The molecule has 3 rings (SSSR count). The zero-order valence-electron chi connectivity index (χ0n) is 14.7. The molecule has 2 saturated heterocycles. The molecule has 0 spiro atoms. The fourth-order valence-corrected chi connectivity index (χ4v) is 3.57. The average molecular weight is 342 g/mol. The molecule has 2 fully saturated rings. The lowest BCUT2D eigenvalue weighted by Gasteiger charge is -2.38. The van der Waals surface area contributed by atoms with Crippen LogP contribution in [0.15, 0.2) is 24.3 Å². The Labute approximate surface area is 149 Å². The number of carbonyl (C=O) groups is 1. The first-order valence-electron chi connectivity index (χ1n) is 9.05. The van der Waals surface area contributed by atoms with Crippen molar-refractivity contribution in [2.45, 2.75) is 25.3 Å². The van der Waals surface area contributed by atoms with Crippen molar-refractivity contribution in [3.63, 3.8) is 0 Å². The summed E-state index contributed by atoms with van der Waals surface area (Å²) < 4.78 is 10.9. The first kappa shape index (κ1) is 17.8. The van der Waals surface area contributed by atoms with E-state index >= 15 is 0 Å². The van der Waals surface area contributed by atoms with Gasteiger partial charge in [0.1, 0.15) is 12.4 Å². The maximum atomic E-state index is 12.7. The highest BCUT2D eigenvalue weighted by molar-refractivity contribution is 5.94. The van der Waals surface area contributed by atoms with Gasteiger partial charge in [-0.05, 0) is 43.5 Å². The van der Waals surface area contributed by atoms with Crippen molar-refractivity contribution in [1.29, 1.82) is 0 Å². The molecule has 134 valence electrons. The van der Waals surface area contributed by atoms with E-state index in [4.69, 9.17) is 15.9 Å². The SMILES string of the molecule is C#CCOc1ccc(C(=O)N2CCC(N3CCCOCC3)CC2)cc1. The van der Waals surface area contributed by atoms with E-state index < -0.39 is 0 Å². The van der Waals surface area contributed by atoms with Gasteiger partial charge in [-0.2, -0.15) is 0 Å². The summed E-state index contributed by atoms with van der Waals surface area (Å²) in [5, 5.41) is 0. The Hall–Kier alpha value is -2.03. The number of piperidine rings is 1. The molecule has 0 radical (unpaired) electrons. The van der Waals surface area contributed by atoms with Gasteiger partial charge in [-0.3, -0.25) is 9.69 Å². The molecule has 25 heavy (non-hydrogen) atoms. The van der Waals surface area contributed by atoms with Crippen LogP contribution in [0.3, 0.4) is 0 Å². The van der Waals surface area contributed by atoms with E-state index in [1.165, 1.54) is 0 Å². The van der Waals surface area contributed by atoms with Gasteiger partial charge in [-0.25, -0.2) is 0 Å². The van der Waals surface area contributed by atoms with Crippen LogP contribution >= 0.6 is 0 Å². The molecule has 1 amide bonds. The Morgan fingerprint density at radius 2 is 1.92 bits per heavy atom. The molecule has 1 aromatic carbocycles. The second-order valence-corrected chi connectivity index (χ2v) is 6.54. The Morgan fingerprint density at radius 1 is 1.16 bits per heavy atom. The molecule has 0 unspecified atom stereocenters. The van der Waals surface area contributed by atoms with Gasteiger partial charge in [0, 0.05) is 44.4 Å². The maximum Gasteiger partial charge on any atom is 0.253 e. The van der Waals surface area contributed by atoms with Crippen LogP contribution in [0.2, 0.25) is 0 Å². The molecule has 2 aliphatic rings. The smallest absolute Gasteiger partial charge is 0.253 e. The number of benzene rings is 1. The molecule has 0 bridgehead atoms. The summed E-state index contributed by atoms with van der Waals surface area (Å²) in [6, 6.07) is 7.80. The van der Waals surface area contributed by atoms with E-state index in [-0.39, 0.29) is 12.5 Å². The summed E-state index contributed by atoms with van der Waals surface area (Å²) in [5.41, 5.74) is 0.703. The van der Waals surface area contributed by atoms with Gasteiger partial charge < -0.3 is 14.4 Å². The molecule has 0 N–H and O–H groups in total. The third-order valence-corrected chi connectivity index (χ3v) is 4.95. The van der Waals surface area contributed by atoms with E-state index in [2.05, 4.69) is 10.8 Å². The topological polar surface area (TPSA) is 42.0 Å². The zero-order valence-corrected chi connectivity index (χ0v) is 14.7. The highest BCUT2D eigenvalue weighted by Gasteiger charge is 2.27. The number of terminal acetylenes is 1. The molecule has 0 atom stereocenters. The zero-order chi connectivity index (χ0) is 17.5. The van der Waals surface area contributed by atoms with E-state index in [1.807, 2.05) is 17.0 Å². The molecule has 0 aliphatic carbocycles. The largest absolute Gasteiger partial charge is 0.481 e. The molecule has 1 aromatic rings. The fourth-order valence-electron chi connectivity index (χ4n) is 3.57. The Bertz CT molecular complexity index is 592. The number of hydrogen-bond acceptors (Lipinski definition) is 4. The highest BCUT2D eigenvalue weighted by Crippen LogP contribution is 2.20. The van der Waals surface area contributed by atoms with Crippen molar-refractivity contribution in [1.82, 2.24) is 9.80 Å². The Balaban J connectivity index is 1.51. The summed E-state index contributed by atoms with van der Waals surface area (Å²) in [6.07, 6.45) is 8.36. The van der Waals surface area contributed by atoms with Crippen LogP contribution in [0.1, 0.15) is 29.6 Å². The van der Waals surface area contributed by atoms with Crippen LogP contribution in [0.4, 0.5) is 0 Å². The van der Waals surface area contributed by atoms with Crippen molar-refractivity contribution in [2.24, 2.45) is 0 Å². The number of likely N-dealkylation sites (tertiary alicyclic amines) is 1. The molecular weight excluding hydrogens is 316 g/mol. The van der Waals surface area contributed by atoms with Crippen molar-refractivity contribution >= 4 is 5.91 Å². The third kappa shape index (κ3) is 4.75. The minimum absolute atomic E-state index is 0.0983. The van der Waals surface area contributed by atoms with Gasteiger partial charge >= 0.3 is 0 Å². The van der Waals surface area contributed by atoms with Gasteiger partial charge in [0.05, 0.1) is 6.61 Å². The van der Waals surface area contributed by atoms with Crippen LogP contribution in [-0.2, 0) is 4.74 Å². The number of hydrogen-bond donors (Lipinski definition) is 0. The number of amides is 1. The molecule has 2 heterocycles. The molecule has 5 heteroatoms. The summed E-state index contributed by atoms with van der Waals surface area (Å²) in [5.74, 6) is 3.22. The second kappa shape index (κ2) is 8.89. The quantitative estimate of drug-likeness (QED) is 0.785. The number of ether oxygens (including phenoxy) is 2. The first-order valence-corrected chi connectivity index (χ1v) is 9.05. The molecule has 5 nitrogen and oxygen atoms in total. The summed E-state index contributed by atoms with van der Waals surface area (Å²) in [4.78, 5) is 17.2. The van der Waals surface area contributed by atoms with E-state index in [1.54, 1.807) is 12.1 Å². The second-order valence-electron chi connectivity index (χ2n) is 6.54. The van der Waals surface area contributed by atoms with Crippen molar-refractivity contribution in [2.75, 3.05) is 46.0 Å². The van der Waals surface area contributed by atoms with Crippen molar-refractivity contribution < 1.29 is 14.3 Å². The number of rotatable bonds is 4. The monoisotopic (exact) mass is 342 g/mol. The minimum atomic E-state index is 0.0983. The minimum Gasteiger partial charge on any atom is -0.481 e. The van der Waals surface area contributed by atoms with Gasteiger partial charge in [0.2, 0.25) is 0 Å². The predicted molar refractivity (Wildman–Crippen MR) is 96.7 cm³/mol. The molecule has 2 aliphatic heterocycles. The highest BCUT2D eigenvalue weighted by atomic mass is 16.5. The summed E-state index contributed by atoms with van der Waals surface area (Å²) in [7, 11) is 0. The van der Waals surface area contributed by atoms with Gasteiger partial charge in [-0.1, -0.05) is 5.92 Å².